The zero-order valence-corrected chi connectivity index (χ0v) is 14.8. The highest BCUT2D eigenvalue weighted by molar-refractivity contribution is 7.15. The van der Waals surface area contributed by atoms with E-state index in [1.807, 2.05) is 18.2 Å². The molecule has 0 radical (unpaired) electrons. The number of nitrogens with one attached hydrogen (secondary N) is 1. The van der Waals surface area contributed by atoms with Crippen LogP contribution in [0.15, 0.2) is 48.7 Å². The molecule has 24 heavy (non-hydrogen) atoms. The number of benzene rings is 2. The van der Waals surface area contributed by atoms with Gasteiger partial charge in [-0.3, -0.25) is 0 Å². The Bertz CT molecular complexity index is 822. The van der Waals surface area contributed by atoms with Crippen LogP contribution < -0.4 is 10.1 Å². The first-order chi connectivity index (χ1) is 11.6. The van der Waals surface area contributed by atoms with Gasteiger partial charge in [0.2, 0.25) is 0 Å². The van der Waals surface area contributed by atoms with Gasteiger partial charge in [0.25, 0.3) is 0 Å². The van der Waals surface area contributed by atoms with Crippen LogP contribution in [0, 0.1) is 0 Å². The summed E-state index contributed by atoms with van der Waals surface area (Å²) in [7, 11) is 0. The maximum atomic E-state index is 9.60. The number of aliphatic hydroxyl groups excluding tert-OH is 1. The topological polar surface area (TPSA) is 54.4 Å². The molecule has 4 nitrogen and oxygen atoms in total. The highest BCUT2D eigenvalue weighted by atomic mass is 35.5. The zero-order chi connectivity index (χ0) is 16.9. The third kappa shape index (κ3) is 4.39. The number of anilines is 1. The Morgan fingerprint density at radius 2 is 1.92 bits per heavy atom. The van der Waals surface area contributed by atoms with Crippen molar-refractivity contribution >= 4 is 40.2 Å². The van der Waals surface area contributed by atoms with Gasteiger partial charge in [0, 0.05) is 27.3 Å². The van der Waals surface area contributed by atoms with Gasteiger partial charge in [0.1, 0.15) is 11.5 Å². The summed E-state index contributed by atoms with van der Waals surface area (Å²) in [5.41, 5.74) is 1.57. The molecule has 3 rings (SSSR count). The largest absolute Gasteiger partial charge is 0.457 e. The van der Waals surface area contributed by atoms with Crippen molar-refractivity contribution in [2.45, 2.75) is 13.2 Å². The molecule has 0 saturated heterocycles. The molecule has 0 atom stereocenters. The molecule has 3 aromatic rings. The van der Waals surface area contributed by atoms with Gasteiger partial charge in [0.05, 0.1) is 13.2 Å². The van der Waals surface area contributed by atoms with Crippen molar-refractivity contribution < 1.29 is 9.84 Å². The fourth-order valence-electron chi connectivity index (χ4n) is 2.10. The highest BCUT2D eigenvalue weighted by Crippen LogP contribution is 2.29. The van der Waals surface area contributed by atoms with E-state index < -0.39 is 0 Å². The smallest absolute Gasteiger partial charge is 0.183 e. The van der Waals surface area contributed by atoms with Gasteiger partial charge in [0.15, 0.2) is 4.47 Å². The molecule has 0 unspecified atom stereocenters. The Hall–Kier alpha value is -1.79. The highest BCUT2D eigenvalue weighted by Gasteiger charge is 2.07. The molecule has 124 valence electrons. The summed E-state index contributed by atoms with van der Waals surface area (Å²) in [4.78, 5) is 5.04. The van der Waals surface area contributed by atoms with Gasteiger partial charge in [-0.05, 0) is 42.5 Å². The second-order valence-corrected chi connectivity index (χ2v) is 7.10. The average Bonchev–Trinajstić information content (AvgIpc) is 3.01. The summed E-state index contributed by atoms with van der Waals surface area (Å²) in [6.07, 6.45) is 1.74. The predicted molar refractivity (Wildman–Crippen MR) is 98.3 cm³/mol. The molecular weight excluding hydrogens is 367 g/mol. The SMILES string of the molecule is OCc1cc(NCc2cnc(Cl)s2)ccc1Oc1ccc(Cl)cc1. The molecule has 0 bridgehead atoms. The van der Waals surface area contributed by atoms with Gasteiger partial charge < -0.3 is 15.2 Å². The van der Waals surface area contributed by atoms with Crippen molar-refractivity contribution in [3.05, 3.63) is 68.6 Å². The Morgan fingerprint density at radius 3 is 2.58 bits per heavy atom. The Morgan fingerprint density at radius 1 is 1.12 bits per heavy atom. The minimum absolute atomic E-state index is 0.120. The lowest BCUT2D eigenvalue weighted by atomic mass is 10.2. The molecule has 0 aliphatic carbocycles. The Kier molecular flexibility index (Phi) is 5.58. The normalized spacial score (nSPS) is 10.6. The molecule has 2 aromatic carbocycles. The molecule has 0 aliphatic heterocycles. The van der Waals surface area contributed by atoms with Gasteiger partial charge >= 0.3 is 0 Å². The first-order valence-electron chi connectivity index (χ1n) is 7.15. The number of nitrogens with zero attached hydrogens (tertiary/aromatic N) is 1. The minimum atomic E-state index is -0.120. The third-order valence-corrected chi connectivity index (χ3v) is 4.63. The maximum Gasteiger partial charge on any atom is 0.183 e. The van der Waals surface area contributed by atoms with E-state index in [-0.39, 0.29) is 6.61 Å². The lowest BCUT2D eigenvalue weighted by molar-refractivity contribution is 0.276. The van der Waals surface area contributed by atoms with E-state index in [1.165, 1.54) is 11.3 Å². The van der Waals surface area contributed by atoms with E-state index in [0.29, 0.717) is 33.1 Å². The van der Waals surface area contributed by atoms with Crippen LogP contribution in [-0.2, 0) is 13.2 Å². The second kappa shape index (κ2) is 7.85. The van der Waals surface area contributed by atoms with Crippen LogP contribution in [0.4, 0.5) is 5.69 Å². The van der Waals surface area contributed by atoms with Crippen molar-refractivity contribution in [3.8, 4) is 11.5 Å². The summed E-state index contributed by atoms with van der Waals surface area (Å²) in [5.74, 6) is 1.26. The monoisotopic (exact) mass is 380 g/mol. The van der Waals surface area contributed by atoms with E-state index in [0.717, 1.165) is 10.6 Å². The summed E-state index contributed by atoms with van der Waals surface area (Å²) in [5, 5.41) is 13.5. The van der Waals surface area contributed by atoms with Crippen LogP contribution in [0.5, 0.6) is 11.5 Å². The van der Waals surface area contributed by atoms with Gasteiger partial charge in [-0.1, -0.05) is 23.2 Å². The van der Waals surface area contributed by atoms with E-state index in [2.05, 4.69) is 10.3 Å². The number of aliphatic hydroxyl groups is 1. The van der Waals surface area contributed by atoms with Crippen LogP contribution in [0.25, 0.3) is 0 Å². The number of ether oxygens (including phenoxy) is 1. The lowest BCUT2D eigenvalue weighted by Crippen LogP contribution is -1.99. The van der Waals surface area contributed by atoms with Crippen LogP contribution in [-0.4, -0.2) is 10.1 Å². The molecule has 0 fully saturated rings. The number of hydrogen-bond donors (Lipinski definition) is 2. The number of halogens is 2. The number of hydrogen-bond acceptors (Lipinski definition) is 5. The zero-order valence-electron chi connectivity index (χ0n) is 12.5. The molecule has 0 spiro atoms. The minimum Gasteiger partial charge on any atom is -0.457 e. The van der Waals surface area contributed by atoms with Gasteiger partial charge in [-0.25, -0.2) is 4.98 Å². The predicted octanol–water partition coefficient (Wildman–Crippen LogP) is 5.35. The Balaban J connectivity index is 1.71. The summed E-state index contributed by atoms with van der Waals surface area (Å²) in [6, 6.07) is 12.6. The quantitative estimate of drug-likeness (QED) is 0.605. The maximum absolute atomic E-state index is 9.60. The van der Waals surface area contributed by atoms with E-state index in [9.17, 15) is 5.11 Å². The molecule has 1 aromatic heterocycles. The van der Waals surface area contributed by atoms with E-state index in [4.69, 9.17) is 27.9 Å². The molecule has 2 N–H and O–H groups in total. The van der Waals surface area contributed by atoms with Crippen molar-refractivity contribution in [1.29, 1.82) is 0 Å². The number of thiazole rings is 1. The molecule has 0 amide bonds. The lowest BCUT2D eigenvalue weighted by Gasteiger charge is -2.12. The number of aromatic nitrogens is 1. The molecule has 0 saturated carbocycles. The van der Waals surface area contributed by atoms with Crippen molar-refractivity contribution in [2.75, 3.05) is 5.32 Å². The summed E-state index contributed by atoms with van der Waals surface area (Å²) in [6.45, 7) is 0.497. The summed E-state index contributed by atoms with van der Waals surface area (Å²) >= 11 is 13.1. The van der Waals surface area contributed by atoms with E-state index >= 15 is 0 Å². The third-order valence-electron chi connectivity index (χ3n) is 3.26. The van der Waals surface area contributed by atoms with Gasteiger partial charge in [-0.15, -0.1) is 11.3 Å². The van der Waals surface area contributed by atoms with Crippen molar-refractivity contribution in [2.24, 2.45) is 0 Å². The Labute approximate surface area is 153 Å². The molecular formula is C17H14Cl2N2O2S. The van der Waals surface area contributed by atoms with Crippen LogP contribution >= 0.6 is 34.5 Å². The molecule has 7 heteroatoms. The van der Waals surface area contributed by atoms with Crippen molar-refractivity contribution in [3.63, 3.8) is 0 Å². The number of rotatable bonds is 6. The first-order valence-corrected chi connectivity index (χ1v) is 8.72. The van der Waals surface area contributed by atoms with Crippen LogP contribution in [0.1, 0.15) is 10.4 Å². The average molecular weight is 381 g/mol. The second-order valence-electron chi connectivity index (χ2n) is 4.97. The van der Waals surface area contributed by atoms with E-state index in [1.54, 1.807) is 30.5 Å². The molecule has 1 heterocycles. The molecule has 0 aliphatic rings. The standard InChI is InChI=1S/C17H14Cl2N2O2S/c18-12-1-4-14(5-2-12)23-16-6-3-13(7-11(16)10-22)20-8-15-9-21-17(19)24-15/h1-7,9,20,22H,8,10H2. The fraction of sp³-hybridized carbons (Fsp3) is 0.118. The van der Waals surface area contributed by atoms with Crippen LogP contribution in [0.3, 0.4) is 0 Å². The summed E-state index contributed by atoms with van der Waals surface area (Å²) < 4.78 is 6.33. The fourth-order valence-corrected chi connectivity index (χ4v) is 3.14. The van der Waals surface area contributed by atoms with Crippen molar-refractivity contribution in [1.82, 2.24) is 4.98 Å². The van der Waals surface area contributed by atoms with Crippen LogP contribution in [0.2, 0.25) is 9.49 Å². The van der Waals surface area contributed by atoms with Gasteiger partial charge in [-0.2, -0.15) is 0 Å². The first kappa shape index (κ1) is 17.0.